The van der Waals surface area contributed by atoms with Crippen molar-refractivity contribution in [3.63, 3.8) is 0 Å². The Morgan fingerprint density at radius 1 is 1.02 bits per heavy atom. The van der Waals surface area contributed by atoms with Gasteiger partial charge in [0.05, 0.1) is 54.4 Å². The van der Waals surface area contributed by atoms with E-state index >= 15 is 0 Å². The number of aliphatic hydroxyl groups excluding tert-OH is 2. The van der Waals surface area contributed by atoms with Crippen molar-refractivity contribution in [2.75, 3.05) is 13.7 Å². The van der Waals surface area contributed by atoms with Gasteiger partial charge in [-0.05, 0) is 19.4 Å². The standard InChI is InChI=1S/C39H53N3O11/c1-4-5-6-7-8-9-10-11-12-16-28(44)42-41-27(20-43)39(50)18-23-31(26(19-39)53-29-17-24(40)34(45)21(2)52-29)38(49)33-32(36(23)47)35(46)22-14-13-15-25(51-3)30(22)37(33)48/h13-15,21,24,26,29,34,43,45,47,49-50H,4-12,16-20,40H2,1-3H3,(H,42,44)/b41-27-/t21-,24-,26-,29-,34+,39-/m0/s1. The van der Waals surface area contributed by atoms with Crippen molar-refractivity contribution in [2.24, 2.45) is 10.8 Å². The monoisotopic (exact) mass is 739 g/mol. The predicted octanol–water partition coefficient (Wildman–Crippen LogP) is 3.83. The number of benzene rings is 2. The molecule has 6 atom stereocenters. The summed E-state index contributed by atoms with van der Waals surface area (Å²) in [6.45, 7) is 2.99. The van der Waals surface area contributed by atoms with Crippen molar-refractivity contribution < 1.29 is 54.1 Å². The number of hydrogen-bond acceptors (Lipinski definition) is 13. The number of ketones is 2. The lowest BCUT2D eigenvalue weighted by Crippen LogP contribution is -2.53. The van der Waals surface area contributed by atoms with E-state index in [9.17, 15) is 39.9 Å². The molecule has 1 aliphatic heterocycles. The van der Waals surface area contributed by atoms with Crippen molar-refractivity contribution in [1.82, 2.24) is 5.43 Å². The molecule has 5 rings (SSSR count). The number of carbonyl (C=O) groups excluding carboxylic acids is 3. The minimum Gasteiger partial charge on any atom is -0.507 e. The van der Waals surface area contributed by atoms with Crippen LogP contribution in [0.1, 0.15) is 140 Å². The predicted molar refractivity (Wildman–Crippen MR) is 194 cm³/mol. The van der Waals surface area contributed by atoms with E-state index in [2.05, 4.69) is 17.5 Å². The first-order valence-corrected chi connectivity index (χ1v) is 18.7. The van der Waals surface area contributed by atoms with Crippen molar-refractivity contribution in [3.8, 4) is 17.2 Å². The Morgan fingerprint density at radius 3 is 2.32 bits per heavy atom. The molecule has 14 heteroatoms. The minimum atomic E-state index is -2.08. The van der Waals surface area contributed by atoms with Crippen LogP contribution in [0.15, 0.2) is 23.3 Å². The summed E-state index contributed by atoms with van der Waals surface area (Å²) >= 11 is 0. The molecule has 14 nitrogen and oxygen atoms in total. The maximum Gasteiger partial charge on any atom is 0.240 e. The molecular weight excluding hydrogens is 686 g/mol. The molecule has 8 N–H and O–H groups in total. The Balaban J connectivity index is 1.44. The number of amides is 1. The number of methoxy groups -OCH3 is 1. The van der Waals surface area contributed by atoms with E-state index in [1.807, 2.05) is 0 Å². The highest BCUT2D eigenvalue weighted by Crippen LogP contribution is 2.52. The fraction of sp³-hybridized carbons (Fsp3) is 0.590. The lowest BCUT2D eigenvalue weighted by Gasteiger charge is -2.43. The Morgan fingerprint density at radius 2 is 1.68 bits per heavy atom. The van der Waals surface area contributed by atoms with Gasteiger partial charge in [0, 0.05) is 48.4 Å². The van der Waals surface area contributed by atoms with Crippen molar-refractivity contribution in [1.29, 1.82) is 0 Å². The van der Waals surface area contributed by atoms with Gasteiger partial charge in [-0.3, -0.25) is 14.4 Å². The summed E-state index contributed by atoms with van der Waals surface area (Å²) in [6.07, 6.45) is 4.98. The molecule has 1 fully saturated rings. The van der Waals surface area contributed by atoms with Gasteiger partial charge in [-0.25, -0.2) is 5.43 Å². The molecule has 1 amide bonds. The second-order valence-electron chi connectivity index (χ2n) is 14.4. The molecule has 0 radical (unpaired) electrons. The number of hydrazone groups is 1. The molecule has 0 unspecified atom stereocenters. The van der Waals surface area contributed by atoms with Gasteiger partial charge in [-0.2, -0.15) is 5.10 Å². The Labute approximate surface area is 309 Å². The molecule has 3 aliphatic rings. The second kappa shape index (κ2) is 17.5. The quantitative estimate of drug-likeness (QED) is 0.0481. The molecule has 1 heterocycles. The fourth-order valence-corrected chi connectivity index (χ4v) is 7.68. The van der Waals surface area contributed by atoms with E-state index in [4.69, 9.17) is 19.9 Å². The number of nitrogens with one attached hydrogen (secondary N) is 1. The van der Waals surface area contributed by atoms with Gasteiger partial charge in [-0.1, -0.05) is 70.4 Å². The molecule has 0 spiro atoms. The van der Waals surface area contributed by atoms with Crippen LogP contribution in [0.3, 0.4) is 0 Å². The average molecular weight is 740 g/mol. The molecular formula is C39H53N3O11. The number of carbonyl (C=O) groups is 3. The van der Waals surface area contributed by atoms with Gasteiger partial charge in [-0.15, -0.1) is 0 Å². The number of hydrogen-bond donors (Lipinski definition) is 7. The maximum absolute atomic E-state index is 14.0. The first-order valence-electron chi connectivity index (χ1n) is 18.7. The molecule has 53 heavy (non-hydrogen) atoms. The van der Waals surface area contributed by atoms with Gasteiger partial charge in [0.1, 0.15) is 22.8 Å². The smallest absolute Gasteiger partial charge is 0.240 e. The Kier molecular flexibility index (Phi) is 13.3. The first kappa shape index (κ1) is 40.3. The number of ether oxygens (including phenoxy) is 3. The van der Waals surface area contributed by atoms with Gasteiger partial charge in [0.15, 0.2) is 12.1 Å². The number of phenols is 2. The Hall–Kier alpha value is -3.92. The van der Waals surface area contributed by atoms with E-state index in [-0.39, 0.29) is 53.0 Å². The van der Waals surface area contributed by atoms with Crippen LogP contribution in [-0.4, -0.2) is 92.6 Å². The first-order chi connectivity index (χ1) is 25.4. The van der Waals surface area contributed by atoms with Crippen LogP contribution < -0.4 is 15.9 Å². The maximum atomic E-state index is 14.0. The summed E-state index contributed by atoms with van der Waals surface area (Å²) in [5, 5.41) is 60.7. The minimum absolute atomic E-state index is 0.0192. The van der Waals surface area contributed by atoms with Crippen molar-refractivity contribution in [2.45, 2.75) is 134 Å². The van der Waals surface area contributed by atoms with Crippen LogP contribution in [0.2, 0.25) is 0 Å². The highest BCUT2D eigenvalue weighted by atomic mass is 16.7. The normalized spacial score (nSPS) is 25.4. The largest absolute Gasteiger partial charge is 0.507 e. The summed E-state index contributed by atoms with van der Waals surface area (Å²) in [7, 11) is 1.34. The van der Waals surface area contributed by atoms with Crippen molar-refractivity contribution >= 4 is 23.2 Å². The summed E-state index contributed by atoms with van der Waals surface area (Å²) in [4.78, 5) is 40.6. The number of unbranched alkanes of at least 4 members (excludes halogenated alkanes) is 8. The number of phenolic OH excluding ortho intramolecular Hbond substituents is 2. The zero-order valence-electron chi connectivity index (χ0n) is 30.7. The van der Waals surface area contributed by atoms with Gasteiger partial charge in [0.25, 0.3) is 0 Å². The lowest BCUT2D eigenvalue weighted by molar-refractivity contribution is -0.245. The number of aromatic hydroxyl groups is 2. The number of fused-ring (bicyclic) bond motifs is 3. The third-order valence-corrected chi connectivity index (χ3v) is 10.7. The van der Waals surface area contributed by atoms with E-state index < -0.39 is 89.4 Å². The molecule has 2 aliphatic carbocycles. The third-order valence-electron chi connectivity index (χ3n) is 10.7. The highest BCUT2D eigenvalue weighted by molar-refractivity contribution is 6.31. The molecule has 290 valence electrons. The van der Waals surface area contributed by atoms with Crippen LogP contribution in [0.4, 0.5) is 0 Å². The number of nitrogens with two attached hydrogens (primary N) is 1. The van der Waals surface area contributed by atoms with Gasteiger partial charge < -0.3 is 45.5 Å². The van der Waals surface area contributed by atoms with Crippen LogP contribution in [0, 0.1) is 0 Å². The summed E-state index contributed by atoms with van der Waals surface area (Å²) < 4.78 is 17.5. The average Bonchev–Trinajstić information content (AvgIpc) is 3.13. The summed E-state index contributed by atoms with van der Waals surface area (Å²) in [5.41, 5.74) is 5.01. The molecule has 1 saturated heterocycles. The van der Waals surface area contributed by atoms with Crippen LogP contribution in [0.5, 0.6) is 17.2 Å². The lowest BCUT2D eigenvalue weighted by atomic mass is 9.71. The van der Waals surface area contributed by atoms with Crippen LogP contribution in [-0.2, 0) is 20.7 Å². The molecule has 2 aromatic rings. The van der Waals surface area contributed by atoms with E-state index in [0.29, 0.717) is 6.42 Å². The zero-order chi connectivity index (χ0) is 38.4. The fourth-order valence-electron chi connectivity index (χ4n) is 7.68. The molecule has 0 bridgehead atoms. The number of nitrogens with zero attached hydrogens (tertiary/aromatic N) is 1. The zero-order valence-corrected chi connectivity index (χ0v) is 30.7. The number of rotatable bonds is 16. The summed E-state index contributed by atoms with van der Waals surface area (Å²) in [5.74, 6) is -3.12. The van der Waals surface area contributed by atoms with Gasteiger partial charge >= 0.3 is 0 Å². The molecule has 0 saturated carbocycles. The van der Waals surface area contributed by atoms with Crippen LogP contribution in [0.25, 0.3) is 0 Å². The molecule has 2 aromatic carbocycles. The highest BCUT2D eigenvalue weighted by Gasteiger charge is 2.49. The van der Waals surface area contributed by atoms with E-state index in [0.717, 1.165) is 19.3 Å². The van der Waals surface area contributed by atoms with E-state index in [1.165, 1.54) is 57.4 Å². The van der Waals surface area contributed by atoms with Gasteiger partial charge in [0.2, 0.25) is 11.7 Å². The van der Waals surface area contributed by atoms with Crippen molar-refractivity contribution in [3.05, 3.63) is 51.6 Å². The van der Waals surface area contributed by atoms with E-state index in [1.54, 1.807) is 6.92 Å². The SMILES string of the molecule is CCCCCCCCCCCC(=O)N/N=C(/CO)[C@]1(O)Cc2c(O)c3c(c(O)c2[C@@H](O[C@H]2C[C@H](N)[C@H](O)[C@H](C)O2)C1)C(=O)c1c(OC)cccc1C3=O. The summed E-state index contributed by atoms with van der Waals surface area (Å²) in [6, 6.07) is 3.69. The third kappa shape index (κ3) is 8.43. The molecule has 0 aromatic heterocycles. The van der Waals surface area contributed by atoms with Crippen LogP contribution >= 0.6 is 0 Å². The second-order valence-corrected chi connectivity index (χ2v) is 14.4. The number of aliphatic hydroxyl groups is 3. The topological polar surface area (TPSA) is 230 Å². The Bertz CT molecular complexity index is 1700.